The Kier molecular flexibility index (Phi) is 4.45. The van der Waals surface area contributed by atoms with Gasteiger partial charge in [0.2, 0.25) is 15.9 Å². The highest BCUT2D eigenvalue weighted by molar-refractivity contribution is 7.88. The fourth-order valence-electron chi connectivity index (χ4n) is 3.27. The zero-order valence-electron chi connectivity index (χ0n) is 13.0. The standard InChI is InChI=1S/C15H19N3O3S2/c1-23(20,21)18-7-5-10(6-8-18)14(19)17-15-12(9-16)11-3-2-4-13(11)22-15/h10H,2-8H2,1H3,(H,17,19). The molecule has 1 aliphatic carbocycles. The summed E-state index contributed by atoms with van der Waals surface area (Å²) in [5.74, 6) is -0.300. The first kappa shape index (κ1) is 16.4. The van der Waals surface area contributed by atoms with Crippen LogP contribution in [-0.4, -0.2) is 38.0 Å². The van der Waals surface area contributed by atoms with Gasteiger partial charge in [-0.25, -0.2) is 12.7 Å². The number of amides is 1. The van der Waals surface area contributed by atoms with Crippen LogP contribution in [0.4, 0.5) is 5.00 Å². The Balaban J connectivity index is 1.66. The number of sulfonamides is 1. The van der Waals surface area contributed by atoms with E-state index in [0.29, 0.717) is 36.5 Å². The lowest BCUT2D eigenvalue weighted by Crippen LogP contribution is -2.40. The van der Waals surface area contributed by atoms with Crippen molar-refractivity contribution in [3.8, 4) is 6.07 Å². The molecular formula is C15H19N3O3S2. The SMILES string of the molecule is CS(=O)(=O)N1CCC(C(=O)Nc2sc3c(c2C#N)CCC3)CC1. The zero-order chi connectivity index (χ0) is 16.6. The minimum absolute atomic E-state index is 0.102. The number of thiophene rings is 1. The molecule has 1 N–H and O–H groups in total. The second-order valence-corrected chi connectivity index (χ2v) is 9.19. The molecule has 1 aromatic rings. The summed E-state index contributed by atoms with van der Waals surface area (Å²) in [6.07, 6.45) is 5.21. The van der Waals surface area contributed by atoms with E-state index in [4.69, 9.17) is 0 Å². The van der Waals surface area contributed by atoms with Crippen molar-refractivity contribution in [3.63, 3.8) is 0 Å². The number of aryl methyl sites for hydroxylation is 1. The highest BCUT2D eigenvalue weighted by atomic mass is 32.2. The van der Waals surface area contributed by atoms with E-state index in [1.165, 1.54) is 26.8 Å². The molecule has 1 amide bonds. The number of carbonyl (C=O) groups excluding carboxylic acids is 1. The molecule has 0 saturated carbocycles. The van der Waals surface area contributed by atoms with E-state index < -0.39 is 10.0 Å². The van der Waals surface area contributed by atoms with E-state index in [-0.39, 0.29) is 11.8 Å². The summed E-state index contributed by atoms with van der Waals surface area (Å²) < 4.78 is 24.4. The maximum atomic E-state index is 12.4. The van der Waals surface area contributed by atoms with Crippen LogP contribution in [0.5, 0.6) is 0 Å². The number of anilines is 1. The van der Waals surface area contributed by atoms with Crippen molar-refractivity contribution in [2.75, 3.05) is 24.7 Å². The molecule has 6 nitrogen and oxygen atoms in total. The molecule has 8 heteroatoms. The van der Waals surface area contributed by atoms with Crippen LogP contribution in [0.1, 0.15) is 35.3 Å². The summed E-state index contributed by atoms with van der Waals surface area (Å²) in [6, 6.07) is 2.22. The van der Waals surface area contributed by atoms with Crippen molar-refractivity contribution in [3.05, 3.63) is 16.0 Å². The molecule has 1 saturated heterocycles. The van der Waals surface area contributed by atoms with Gasteiger partial charge in [-0.15, -0.1) is 11.3 Å². The molecule has 2 heterocycles. The molecular weight excluding hydrogens is 334 g/mol. The van der Waals surface area contributed by atoms with Crippen LogP contribution in [-0.2, 0) is 27.7 Å². The highest BCUT2D eigenvalue weighted by Crippen LogP contribution is 2.39. The number of nitrogens with zero attached hydrogens (tertiary/aromatic N) is 2. The smallest absolute Gasteiger partial charge is 0.228 e. The van der Waals surface area contributed by atoms with Crippen LogP contribution >= 0.6 is 11.3 Å². The lowest BCUT2D eigenvalue weighted by Gasteiger charge is -2.29. The summed E-state index contributed by atoms with van der Waals surface area (Å²) in [5.41, 5.74) is 1.71. The molecule has 124 valence electrons. The van der Waals surface area contributed by atoms with E-state index in [1.807, 2.05) is 0 Å². The largest absolute Gasteiger partial charge is 0.316 e. The number of rotatable bonds is 3. The van der Waals surface area contributed by atoms with Crippen LogP contribution in [0.3, 0.4) is 0 Å². The molecule has 3 rings (SSSR count). The molecule has 1 aromatic heterocycles. The molecule has 0 atom stereocenters. The van der Waals surface area contributed by atoms with Gasteiger partial charge in [0.15, 0.2) is 0 Å². The molecule has 0 bridgehead atoms. The summed E-state index contributed by atoms with van der Waals surface area (Å²) >= 11 is 1.51. The molecule has 0 radical (unpaired) electrons. The predicted octanol–water partition coefficient (Wildman–Crippen LogP) is 1.72. The third-order valence-electron chi connectivity index (χ3n) is 4.56. The Morgan fingerprint density at radius 1 is 1.35 bits per heavy atom. The summed E-state index contributed by atoms with van der Waals surface area (Å²) in [4.78, 5) is 13.6. The van der Waals surface area contributed by atoms with Crippen LogP contribution in [0.25, 0.3) is 0 Å². The predicted molar refractivity (Wildman–Crippen MR) is 88.8 cm³/mol. The van der Waals surface area contributed by atoms with Gasteiger partial charge in [-0.3, -0.25) is 4.79 Å². The first-order valence-corrected chi connectivity index (χ1v) is 10.4. The minimum atomic E-state index is -3.18. The third kappa shape index (κ3) is 3.27. The first-order valence-electron chi connectivity index (χ1n) is 7.70. The Hall–Kier alpha value is -1.43. The fraction of sp³-hybridized carbons (Fsp3) is 0.600. The first-order chi connectivity index (χ1) is 10.9. The maximum absolute atomic E-state index is 12.4. The molecule has 1 aliphatic heterocycles. The summed E-state index contributed by atoms with van der Waals surface area (Å²) in [5, 5.41) is 12.9. The molecule has 2 aliphatic rings. The van der Waals surface area contributed by atoms with E-state index in [9.17, 15) is 18.5 Å². The number of hydrogen-bond donors (Lipinski definition) is 1. The third-order valence-corrected chi connectivity index (χ3v) is 7.07. The lowest BCUT2D eigenvalue weighted by atomic mass is 9.97. The number of nitrogens with one attached hydrogen (secondary N) is 1. The Morgan fingerprint density at radius 3 is 2.65 bits per heavy atom. The quantitative estimate of drug-likeness (QED) is 0.896. The normalized spacial score (nSPS) is 19.3. The monoisotopic (exact) mass is 353 g/mol. The van der Waals surface area contributed by atoms with Crippen molar-refractivity contribution in [2.24, 2.45) is 5.92 Å². The van der Waals surface area contributed by atoms with E-state index >= 15 is 0 Å². The molecule has 0 aromatic carbocycles. The van der Waals surface area contributed by atoms with Crippen molar-refractivity contribution < 1.29 is 13.2 Å². The van der Waals surface area contributed by atoms with Crippen molar-refractivity contribution >= 4 is 32.3 Å². The molecule has 0 spiro atoms. The summed E-state index contributed by atoms with van der Waals surface area (Å²) in [6.45, 7) is 0.756. The van der Waals surface area contributed by atoms with Crippen LogP contribution in [0.15, 0.2) is 0 Å². The van der Waals surface area contributed by atoms with Gasteiger partial charge in [0.1, 0.15) is 11.1 Å². The number of piperidine rings is 1. The van der Waals surface area contributed by atoms with Gasteiger partial charge in [-0.1, -0.05) is 0 Å². The van der Waals surface area contributed by atoms with E-state index in [1.54, 1.807) is 0 Å². The average Bonchev–Trinajstić information content (AvgIpc) is 3.06. The molecule has 1 fully saturated rings. The fourth-order valence-corrected chi connectivity index (χ4v) is 5.39. The van der Waals surface area contributed by atoms with Crippen molar-refractivity contribution in [1.29, 1.82) is 5.26 Å². The number of nitriles is 1. The van der Waals surface area contributed by atoms with Gasteiger partial charge < -0.3 is 5.32 Å². The van der Waals surface area contributed by atoms with Crippen molar-refractivity contribution in [1.82, 2.24) is 4.31 Å². The zero-order valence-corrected chi connectivity index (χ0v) is 14.6. The highest BCUT2D eigenvalue weighted by Gasteiger charge is 2.30. The molecule has 23 heavy (non-hydrogen) atoms. The number of fused-ring (bicyclic) bond motifs is 1. The maximum Gasteiger partial charge on any atom is 0.228 e. The second-order valence-electron chi connectivity index (χ2n) is 6.10. The van der Waals surface area contributed by atoms with Gasteiger partial charge in [0.05, 0.1) is 11.8 Å². The topological polar surface area (TPSA) is 90.3 Å². The Labute approximate surface area is 140 Å². The Morgan fingerprint density at radius 2 is 2.04 bits per heavy atom. The minimum Gasteiger partial charge on any atom is -0.316 e. The number of carbonyl (C=O) groups is 1. The van der Waals surface area contributed by atoms with Crippen LogP contribution in [0.2, 0.25) is 0 Å². The van der Waals surface area contributed by atoms with E-state index in [0.717, 1.165) is 24.8 Å². The van der Waals surface area contributed by atoms with Crippen LogP contribution < -0.4 is 5.32 Å². The molecule has 0 unspecified atom stereocenters. The number of hydrogen-bond acceptors (Lipinski definition) is 5. The van der Waals surface area contributed by atoms with E-state index in [2.05, 4.69) is 11.4 Å². The average molecular weight is 353 g/mol. The second kappa shape index (κ2) is 6.23. The van der Waals surface area contributed by atoms with Gasteiger partial charge in [-0.2, -0.15) is 5.26 Å². The van der Waals surface area contributed by atoms with Gasteiger partial charge >= 0.3 is 0 Å². The summed E-state index contributed by atoms with van der Waals surface area (Å²) in [7, 11) is -3.18. The van der Waals surface area contributed by atoms with Gasteiger partial charge in [0.25, 0.3) is 0 Å². The van der Waals surface area contributed by atoms with Crippen LogP contribution in [0, 0.1) is 17.2 Å². The lowest BCUT2D eigenvalue weighted by molar-refractivity contribution is -0.120. The van der Waals surface area contributed by atoms with Gasteiger partial charge in [0, 0.05) is 23.9 Å². The van der Waals surface area contributed by atoms with Crippen molar-refractivity contribution in [2.45, 2.75) is 32.1 Å². The Bertz CT molecular complexity index is 769. The van der Waals surface area contributed by atoms with Gasteiger partial charge in [-0.05, 0) is 37.7 Å².